The summed E-state index contributed by atoms with van der Waals surface area (Å²) in [6.45, 7) is 7.88. The molecule has 2 aromatic carbocycles. The molecule has 130 valence electrons. The normalized spacial score (nSPS) is 11.0. The SMILES string of the molecule is CCC(CC)CN(CCOCc1ccccc1)c1ccc(N)cc1. The fourth-order valence-corrected chi connectivity index (χ4v) is 2.81. The van der Waals surface area contributed by atoms with E-state index in [1.54, 1.807) is 0 Å². The zero-order chi connectivity index (χ0) is 17.2. The van der Waals surface area contributed by atoms with Crippen LogP contribution in [0.4, 0.5) is 11.4 Å². The van der Waals surface area contributed by atoms with E-state index in [4.69, 9.17) is 10.5 Å². The van der Waals surface area contributed by atoms with Crippen LogP contribution in [0.15, 0.2) is 54.6 Å². The Morgan fingerprint density at radius 2 is 1.62 bits per heavy atom. The summed E-state index contributed by atoms with van der Waals surface area (Å²) in [5.41, 5.74) is 9.07. The molecule has 3 heteroatoms. The highest BCUT2D eigenvalue weighted by Crippen LogP contribution is 2.20. The maximum Gasteiger partial charge on any atom is 0.0717 e. The van der Waals surface area contributed by atoms with Crippen LogP contribution in [0.1, 0.15) is 32.3 Å². The van der Waals surface area contributed by atoms with E-state index in [1.807, 2.05) is 30.3 Å². The van der Waals surface area contributed by atoms with E-state index in [9.17, 15) is 0 Å². The van der Waals surface area contributed by atoms with Gasteiger partial charge in [0.15, 0.2) is 0 Å². The monoisotopic (exact) mass is 326 g/mol. The molecule has 0 saturated carbocycles. The average molecular weight is 326 g/mol. The maximum absolute atomic E-state index is 5.88. The van der Waals surface area contributed by atoms with Gasteiger partial charge in [0, 0.05) is 24.5 Å². The molecule has 0 aliphatic rings. The van der Waals surface area contributed by atoms with Crippen molar-refractivity contribution in [1.82, 2.24) is 0 Å². The molecule has 2 rings (SSSR count). The summed E-state index contributed by atoms with van der Waals surface area (Å²) in [7, 11) is 0. The van der Waals surface area contributed by atoms with E-state index in [0.717, 1.165) is 25.4 Å². The molecular weight excluding hydrogens is 296 g/mol. The fourth-order valence-electron chi connectivity index (χ4n) is 2.81. The largest absolute Gasteiger partial charge is 0.399 e. The number of nitrogen functional groups attached to an aromatic ring is 1. The molecule has 0 unspecified atom stereocenters. The topological polar surface area (TPSA) is 38.5 Å². The zero-order valence-electron chi connectivity index (χ0n) is 14.9. The first-order valence-electron chi connectivity index (χ1n) is 8.95. The molecule has 3 nitrogen and oxygen atoms in total. The highest BCUT2D eigenvalue weighted by atomic mass is 16.5. The van der Waals surface area contributed by atoms with Gasteiger partial charge in [-0.3, -0.25) is 0 Å². The van der Waals surface area contributed by atoms with Crippen molar-refractivity contribution in [2.75, 3.05) is 30.3 Å². The Morgan fingerprint density at radius 1 is 0.958 bits per heavy atom. The van der Waals surface area contributed by atoms with Gasteiger partial charge in [-0.05, 0) is 35.7 Å². The number of ether oxygens (including phenoxy) is 1. The number of hydrogen-bond acceptors (Lipinski definition) is 3. The summed E-state index contributed by atoms with van der Waals surface area (Å²) >= 11 is 0. The smallest absolute Gasteiger partial charge is 0.0717 e. The van der Waals surface area contributed by atoms with Crippen molar-refractivity contribution >= 4 is 11.4 Å². The third-order valence-corrected chi connectivity index (χ3v) is 4.51. The van der Waals surface area contributed by atoms with Crippen molar-refractivity contribution in [1.29, 1.82) is 0 Å². The lowest BCUT2D eigenvalue weighted by atomic mass is 10.0. The molecule has 0 aromatic heterocycles. The molecule has 0 spiro atoms. The molecule has 0 bridgehead atoms. The standard InChI is InChI=1S/C21H30N2O/c1-3-18(4-2)16-23(21-12-10-20(22)11-13-21)14-15-24-17-19-8-6-5-7-9-19/h5-13,18H,3-4,14-17,22H2,1-2H3. The molecule has 24 heavy (non-hydrogen) atoms. The van der Waals surface area contributed by atoms with Crippen LogP contribution in [-0.4, -0.2) is 19.7 Å². The Hall–Kier alpha value is -2.00. The number of benzene rings is 2. The van der Waals surface area contributed by atoms with Crippen LogP contribution >= 0.6 is 0 Å². The minimum Gasteiger partial charge on any atom is -0.399 e. The van der Waals surface area contributed by atoms with Crippen LogP contribution in [0.25, 0.3) is 0 Å². The Bertz CT molecular complexity index is 564. The lowest BCUT2D eigenvalue weighted by molar-refractivity contribution is 0.126. The maximum atomic E-state index is 5.88. The fraction of sp³-hybridized carbons (Fsp3) is 0.429. The zero-order valence-corrected chi connectivity index (χ0v) is 14.9. The van der Waals surface area contributed by atoms with E-state index in [-0.39, 0.29) is 0 Å². The van der Waals surface area contributed by atoms with E-state index < -0.39 is 0 Å². The van der Waals surface area contributed by atoms with Gasteiger partial charge >= 0.3 is 0 Å². The Morgan fingerprint density at radius 3 is 2.25 bits per heavy atom. The summed E-state index contributed by atoms with van der Waals surface area (Å²) in [6.07, 6.45) is 2.40. The Balaban J connectivity index is 1.91. The summed E-state index contributed by atoms with van der Waals surface area (Å²) < 4.78 is 5.88. The van der Waals surface area contributed by atoms with Gasteiger partial charge in [-0.2, -0.15) is 0 Å². The quantitative estimate of drug-likeness (QED) is 0.507. The number of nitrogens with two attached hydrogens (primary N) is 1. The third-order valence-electron chi connectivity index (χ3n) is 4.51. The first-order valence-corrected chi connectivity index (χ1v) is 8.95. The second-order valence-corrected chi connectivity index (χ2v) is 6.26. The highest BCUT2D eigenvalue weighted by Gasteiger charge is 2.12. The van der Waals surface area contributed by atoms with E-state index >= 15 is 0 Å². The summed E-state index contributed by atoms with van der Waals surface area (Å²) in [4.78, 5) is 2.42. The lowest BCUT2D eigenvalue weighted by Gasteiger charge is -2.29. The van der Waals surface area contributed by atoms with Gasteiger partial charge in [0.05, 0.1) is 13.2 Å². The second-order valence-electron chi connectivity index (χ2n) is 6.26. The van der Waals surface area contributed by atoms with Gasteiger partial charge < -0.3 is 15.4 Å². The van der Waals surface area contributed by atoms with Crippen LogP contribution in [-0.2, 0) is 11.3 Å². The third kappa shape index (κ3) is 5.89. The summed E-state index contributed by atoms with van der Waals surface area (Å²) in [5, 5.41) is 0. The van der Waals surface area contributed by atoms with Crippen molar-refractivity contribution < 1.29 is 4.74 Å². The minimum absolute atomic E-state index is 0.668. The van der Waals surface area contributed by atoms with Crippen molar-refractivity contribution in [2.24, 2.45) is 5.92 Å². The van der Waals surface area contributed by atoms with Gasteiger partial charge in [0.2, 0.25) is 0 Å². The summed E-state index contributed by atoms with van der Waals surface area (Å²) in [5.74, 6) is 0.705. The molecule has 0 heterocycles. The Kier molecular flexibility index (Phi) is 7.63. The number of hydrogen-bond donors (Lipinski definition) is 1. The van der Waals surface area contributed by atoms with Gasteiger partial charge in [0.25, 0.3) is 0 Å². The van der Waals surface area contributed by atoms with Crippen LogP contribution in [0.3, 0.4) is 0 Å². The molecule has 0 fully saturated rings. The van der Waals surface area contributed by atoms with E-state index in [0.29, 0.717) is 12.5 Å². The predicted molar refractivity (Wildman–Crippen MR) is 103 cm³/mol. The molecule has 2 aromatic rings. The molecule has 0 amide bonds. The first-order chi connectivity index (χ1) is 11.7. The molecule has 0 saturated heterocycles. The van der Waals surface area contributed by atoms with Gasteiger partial charge in [-0.25, -0.2) is 0 Å². The number of anilines is 2. The Labute approximate surface area is 146 Å². The van der Waals surface area contributed by atoms with Crippen LogP contribution < -0.4 is 10.6 Å². The van der Waals surface area contributed by atoms with E-state index in [1.165, 1.54) is 24.1 Å². The molecule has 0 aliphatic heterocycles. The van der Waals surface area contributed by atoms with Crippen molar-refractivity contribution in [3.8, 4) is 0 Å². The summed E-state index contributed by atoms with van der Waals surface area (Å²) in [6, 6.07) is 18.5. The molecule has 0 atom stereocenters. The van der Waals surface area contributed by atoms with Crippen LogP contribution in [0.5, 0.6) is 0 Å². The van der Waals surface area contributed by atoms with Gasteiger partial charge in [-0.15, -0.1) is 0 Å². The van der Waals surface area contributed by atoms with Crippen LogP contribution in [0, 0.1) is 5.92 Å². The molecule has 2 N–H and O–H groups in total. The predicted octanol–water partition coefficient (Wildman–Crippen LogP) is 4.73. The highest BCUT2D eigenvalue weighted by molar-refractivity contribution is 5.53. The van der Waals surface area contributed by atoms with Crippen molar-refractivity contribution in [3.05, 3.63) is 60.2 Å². The first kappa shape index (κ1) is 18.3. The average Bonchev–Trinajstić information content (AvgIpc) is 2.63. The molecule has 0 radical (unpaired) electrons. The second kappa shape index (κ2) is 9.99. The van der Waals surface area contributed by atoms with Gasteiger partial charge in [0.1, 0.15) is 0 Å². The number of rotatable bonds is 10. The van der Waals surface area contributed by atoms with Gasteiger partial charge in [-0.1, -0.05) is 57.0 Å². The number of nitrogens with zero attached hydrogens (tertiary/aromatic N) is 1. The molecular formula is C21H30N2O. The molecule has 0 aliphatic carbocycles. The van der Waals surface area contributed by atoms with Crippen LogP contribution in [0.2, 0.25) is 0 Å². The van der Waals surface area contributed by atoms with Crippen molar-refractivity contribution in [3.63, 3.8) is 0 Å². The van der Waals surface area contributed by atoms with E-state index in [2.05, 4.69) is 43.0 Å². The minimum atomic E-state index is 0.668. The lowest BCUT2D eigenvalue weighted by Crippen LogP contribution is -2.32. The van der Waals surface area contributed by atoms with Crippen molar-refractivity contribution in [2.45, 2.75) is 33.3 Å².